The first-order chi connectivity index (χ1) is 10.8. The van der Waals surface area contributed by atoms with Crippen molar-refractivity contribution in [3.8, 4) is 0 Å². The molecular formula is C18H16N2OSe. The molecular weight excluding hydrogens is 339 g/mol. The van der Waals surface area contributed by atoms with E-state index in [1.807, 2.05) is 48.5 Å². The molecule has 0 unspecified atom stereocenters. The Morgan fingerprint density at radius 2 is 1.59 bits per heavy atom. The van der Waals surface area contributed by atoms with Crippen molar-refractivity contribution in [3.05, 3.63) is 78.4 Å². The number of carbonyl (C=O) groups is 1. The van der Waals surface area contributed by atoms with Gasteiger partial charge in [0.05, 0.1) is 0 Å². The van der Waals surface area contributed by atoms with Crippen LogP contribution >= 0.6 is 0 Å². The van der Waals surface area contributed by atoms with Crippen LogP contribution in [0.4, 0.5) is 0 Å². The predicted octanol–water partition coefficient (Wildman–Crippen LogP) is 3.29. The molecule has 1 heterocycles. The Morgan fingerprint density at radius 1 is 1.00 bits per heavy atom. The number of hydrogen-bond acceptors (Lipinski definition) is 1. The van der Waals surface area contributed by atoms with E-state index in [0.29, 0.717) is 5.56 Å². The van der Waals surface area contributed by atoms with Gasteiger partial charge in [-0.25, -0.2) is 0 Å². The molecule has 1 saturated heterocycles. The Labute approximate surface area is 136 Å². The molecule has 3 rings (SSSR count). The van der Waals surface area contributed by atoms with Gasteiger partial charge in [0.2, 0.25) is 0 Å². The van der Waals surface area contributed by atoms with Crippen LogP contribution in [-0.4, -0.2) is 37.0 Å². The monoisotopic (exact) mass is 356 g/mol. The van der Waals surface area contributed by atoms with E-state index in [-0.39, 0.29) is 20.9 Å². The molecule has 110 valence electrons. The van der Waals surface area contributed by atoms with Crippen LogP contribution in [0.15, 0.2) is 72.2 Å². The molecule has 0 spiro atoms. The molecule has 4 heteroatoms. The fourth-order valence-electron chi connectivity index (χ4n) is 2.26. The second-order valence-corrected chi connectivity index (χ2v) is 7.11. The fraction of sp³-hybridized carbons (Fsp3) is 0.111. The van der Waals surface area contributed by atoms with Gasteiger partial charge in [0.1, 0.15) is 0 Å². The molecule has 1 fully saturated rings. The van der Waals surface area contributed by atoms with Gasteiger partial charge in [-0.15, -0.1) is 0 Å². The normalized spacial score (nSPS) is 16.0. The molecule has 2 aromatic rings. The summed E-state index contributed by atoms with van der Waals surface area (Å²) in [5.41, 5.74) is 2.61. The molecule has 2 aromatic carbocycles. The van der Waals surface area contributed by atoms with Crippen LogP contribution in [0.3, 0.4) is 0 Å². The Morgan fingerprint density at radius 3 is 2.23 bits per heavy atom. The fourth-order valence-corrected chi connectivity index (χ4v) is 4.28. The molecule has 0 bridgehead atoms. The minimum absolute atomic E-state index is 0.176. The third-order valence-corrected chi connectivity index (χ3v) is 5.43. The van der Waals surface area contributed by atoms with Crippen molar-refractivity contribution >= 4 is 31.3 Å². The van der Waals surface area contributed by atoms with E-state index in [0.717, 1.165) is 27.9 Å². The van der Waals surface area contributed by atoms with Gasteiger partial charge in [0.25, 0.3) is 0 Å². The van der Waals surface area contributed by atoms with Gasteiger partial charge < -0.3 is 0 Å². The minimum atomic E-state index is -0.176. The summed E-state index contributed by atoms with van der Waals surface area (Å²) < 4.78 is 0.871. The average Bonchev–Trinajstić information content (AvgIpc) is 3.04. The summed E-state index contributed by atoms with van der Waals surface area (Å²) in [4.78, 5) is 18.7. The van der Waals surface area contributed by atoms with Crippen molar-refractivity contribution < 1.29 is 4.79 Å². The van der Waals surface area contributed by atoms with E-state index in [9.17, 15) is 4.79 Å². The van der Waals surface area contributed by atoms with Gasteiger partial charge in [0.15, 0.2) is 0 Å². The molecule has 0 saturated carbocycles. The van der Waals surface area contributed by atoms with E-state index >= 15 is 0 Å². The summed E-state index contributed by atoms with van der Waals surface area (Å²) in [6, 6.07) is 19.2. The van der Waals surface area contributed by atoms with Crippen molar-refractivity contribution in [2.24, 2.45) is 4.99 Å². The number of amides is 1. The topological polar surface area (TPSA) is 32.7 Å². The number of rotatable bonds is 3. The van der Waals surface area contributed by atoms with Gasteiger partial charge in [-0.2, -0.15) is 0 Å². The van der Waals surface area contributed by atoms with Gasteiger partial charge in [0, 0.05) is 0 Å². The summed E-state index contributed by atoms with van der Waals surface area (Å²) in [6.07, 6.45) is 0. The van der Waals surface area contributed by atoms with Crippen LogP contribution in [0.25, 0.3) is 5.70 Å². The van der Waals surface area contributed by atoms with Crippen LogP contribution in [0.5, 0.6) is 0 Å². The molecule has 1 aliphatic rings. The zero-order valence-corrected chi connectivity index (χ0v) is 13.8. The molecule has 0 N–H and O–H groups in total. The van der Waals surface area contributed by atoms with Crippen molar-refractivity contribution in [3.63, 3.8) is 0 Å². The molecule has 0 aliphatic carbocycles. The van der Waals surface area contributed by atoms with Gasteiger partial charge in [-0.3, -0.25) is 0 Å². The van der Waals surface area contributed by atoms with E-state index in [1.54, 1.807) is 12.1 Å². The number of hydrogen-bond donors (Lipinski definition) is 0. The summed E-state index contributed by atoms with van der Waals surface area (Å²) in [5, 5.41) is 1.06. The van der Waals surface area contributed by atoms with Crippen molar-refractivity contribution in [2.45, 2.75) is 5.32 Å². The molecule has 1 aliphatic heterocycles. The van der Waals surface area contributed by atoms with E-state index in [2.05, 4.69) is 16.5 Å². The zero-order valence-electron chi connectivity index (χ0n) is 12.1. The first-order valence-corrected chi connectivity index (χ1v) is 9.15. The number of nitrogens with zero attached hydrogens (tertiary/aromatic N) is 2. The first-order valence-electron chi connectivity index (χ1n) is 7.08. The number of amidine groups is 1. The summed E-state index contributed by atoms with van der Waals surface area (Å²) in [5.74, 6) is -0.176. The Kier molecular flexibility index (Phi) is 4.52. The molecule has 0 radical (unpaired) electrons. The maximum absolute atomic E-state index is 12.3. The zero-order chi connectivity index (χ0) is 15.4. The third-order valence-electron chi connectivity index (χ3n) is 3.43. The SMILES string of the molecule is C=C(c1ccccc1)N1CC[Se]C1=NC(=O)c1ccccc1. The average molecular weight is 355 g/mol. The van der Waals surface area contributed by atoms with Crippen molar-refractivity contribution in [1.29, 1.82) is 0 Å². The second kappa shape index (κ2) is 6.73. The summed E-state index contributed by atoms with van der Waals surface area (Å²) >= 11 is 0.224. The van der Waals surface area contributed by atoms with E-state index in [4.69, 9.17) is 0 Å². The maximum atomic E-state index is 12.3. The predicted molar refractivity (Wildman–Crippen MR) is 91.0 cm³/mol. The van der Waals surface area contributed by atoms with Crippen LogP contribution < -0.4 is 0 Å². The molecule has 1 amide bonds. The van der Waals surface area contributed by atoms with Crippen LogP contribution in [-0.2, 0) is 0 Å². The van der Waals surface area contributed by atoms with Crippen LogP contribution in [0.2, 0.25) is 5.32 Å². The Bertz CT molecular complexity index is 710. The summed E-state index contributed by atoms with van der Waals surface area (Å²) in [7, 11) is 0. The second-order valence-electron chi connectivity index (χ2n) is 4.88. The number of aliphatic imine (C=N–C) groups is 1. The molecule has 0 atom stereocenters. The van der Waals surface area contributed by atoms with Crippen LogP contribution in [0, 0.1) is 0 Å². The molecule has 22 heavy (non-hydrogen) atoms. The quantitative estimate of drug-likeness (QED) is 0.792. The Balaban J connectivity index is 1.83. The number of benzene rings is 2. The molecule has 0 aromatic heterocycles. The first kappa shape index (κ1) is 14.8. The Hall–Kier alpha value is -2.16. The van der Waals surface area contributed by atoms with Gasteiger partial charge in [-0.1, -0.05) is 0 Å². The van der Waals surface area contributed by atoms with Crippen molar-refractivity contribution in [2.75, 3.05) is 6.54 Å². The summed E-state index contributed by atoms with van der Waals surface area (Å²) in [6.45, 7) is 5.06. The van der Waals surface area contributed by atoms with E-state index < -0.39 is 0 Å². The third kappa shape index (κ3) is 3.19. The standard InChI is InChI=1S/C18H16N2OSe/c1-14(15-8-4-2-5-9-15)20-12-13-22-18(20)19-17(21)16-10-6-3-7-11-16/h2-11H,1,12-13H2. The van der Waals surface area contributed by atoms with Crippen LogP contribution in [0.1, 0.15) is 15.9 Å². The van der Waals surface area contributed by atoms with E-state index in [1.165, 1.54) is 0 Å². The van der Waals surface area contributed by atoms with Gasteiger partial charge in [-0.05, 0) is 0 Å². The van der Waals surface area contributed by atoms with Crippen molar-refractivity contribution in [1.82, 2.24) is 4.90 Å². The molecule has 3 nitrogen and oxygen atoms in total. The van der Waals surface area contributed by atoms with Gasteiger partial charge >= 0.3 is 136 Å². The number of carbonyl (C=O) groups excluding carboxylic acids is 1.